The monoisotopic (exact) mass is 1540 g/mol. The van der Waals surface area contributed by atoms with Gasteiger partial charge in [0.1, 0.15) is 0 Å². The minimum Gasteiger partial charge on any atom is -0.545 e. The average molecular weight is 1550 g/mol. The maximum absolute atomic E-state index is 11.0. The predicted octanol–water partition coefficient (Wildman–Crippen LogP) is 11.0. The second-order valence-corrected chi connectivity index (χ2v) is 18.8. The number of halogens is 8. The van der Waals surface area contributed by atoms with Crippen LogP contribution in [0.1, 0.15) is 55.3 Å². The number of aromatic carboxylic acids is 4. The van der Waals surface area contributed by atoms with Gasteiger partial charge in [0.15, 0.2) is 0 Å². The third kappa shape index (κ3) is 17.9. The molecular weight excluding hydrogens is 1530 g/mol. The number of nitrogens with zero attached hydrogens (tertiary/aromatic N) is 10. The van der Waals surface area contributed by atoms with Gasteiger partial charge in [0.2, 0.25) is 23.6 Å². The number of aromatic nitrogens is 8. The van der Waals surface area contributed by atoms with Crippen molar-refractivity contribution in [2.45, 2.75) is 13.8 Å². The number of rotatable bonds is 8. The Balaban J connectivity index is 0.000000320. The number of benzene rings is 2. The third-order valence-electron chi connectivity index (χ3n) is 7.92. The number of nitriles is 2. The summed E-state index contributed by atoms with van der Waals surface area (Å²) in [7, 11) is 0. The molecule has 0 amide bonds. The average Bonchev–Trinajstić information content (AvgIpc) is 4.07. The zero-order valence-electron chi connectivity index (χ0n) is 36.2. The fourth-order valence-electron chi connectivity index (χ4n) is 4.89. The number of hydrogen-bond donors (Lipinski definition) is 2. The number of carbonyl (C=O) groups is 4. The largest absolute Gasteiger partial charge is 2.00 e. The van der Waals surface area contributed by atoms with Crippen molar-refractivity contribution in [3.05, 3.63) is 156 Å². The van der Waals surface area contributed by atoms with E-state index in [-0.39, 0.29) is 74.8 Å². The van der Waals surface area contributed by atoms with Gasteiger partial charge in [0.05, 0.1) is 35.2 Å². The Kier molecular flexibility index (Phi) is 27.9. The second kappa shape index (κ2) is 32.0. The first-order chi connectivity index (χ1) is 34.3. The van der Waals surface area contributed by atoms with Gasteiger partial charge in [0, 0.05) is 133 Å². The minimum absolute atomic E-state index is 0. The van der Waals surface area contributed by atoms with E-state index in [0.717, 1.165) is 22.3 Å². The SMILES string of the molecule is CC#N.CC#N.O=C([O-])c1c(Br)c(Br)c(C(=O)O)c(Br)c1Br.O=C([O-])c1c(Br)c(Br)c(C(=O)O)c(Br)c1Br.[Co+2].c1cc(-c2nnc(-c3ccncc3)o2)ccn1.c1cc(-c2nnc(-c3ccncc3)o2)ccn1. The number of pyridine rings is 4. The van der Waals surface area contributed by atoms with Gasteiger partial charge in [-0.3, -0.25) is 19.9 Å². The first-order valence-corrected chi connectivity index (χ1v) is 25.1. The Morgan fingerprint density at radius 2 is 0.589 bits per heavy atom. The normalized spacial score (nSPS) is 9.53. The third-order valence-corrected chi connectivity index (χ3v) is 16.4. The van der Waals surface area contributed by atoms with Crippen molar-refractivity contribution in [3.63, 3.8) is 0 Å². The van der Waals surface area contributed by atoms with Crippen LogP contribution in [-0.4, -0.2) is 74.4 Å². The quantitative estimate of drug-likeness (QED) is 0.133. The molecule has 0 unspecified atom stereocenters. The molecule has 0 bridgehead atoms. The van der Waals surface area contributed by atoms with Gasteiger partial charge in [-0.05, 0) is 176 Å². The van der Waals surface area contributed by atoms with Gasteiger partial charge in [-0.15, -0.1) is 20.4 Å². The van der Waals surface area contributed by atoms with E-state index >= 15 is 0 Å². The summed E-state index contributed by atoms with van der Waals surface area (Å²) >= 11 is 24.1. The molecule has 8 aromatic rings. The standard InChI is InChI=1S/2C12H8N4O.2C8H2Br4O4.2C2H3N.Co/c2*1-5-13-6-2-9(1)11-15-16-12(17-11)10-3-7-14-8-4-10;2*9-3-1(7(13)14)4(10)6(12)2(5(3)11)8(15)16;2*1-2-3;/h2*1-8H;2*(H,13,14)(H,15,16);2*1H3;/q;;;;;;+2/p-2. The maximum Gasteiger partial charge on any atom is 2.00 e. The molecule has 0 aliphatic heterocycles. The summed E-state index contributed by atoms with van der Waals surface area (Å²) in [6, 6.07) is 18.1. The molecule has 0 spiro atoms. The first-order valence-electron chi connectivity index (χ1n) is 18.8. The van der Waals surface area contributed by atoms with Crippen LogP contribution in [0.3, 0.4) is 0 Å². The van der Waals surface area contributed by atoms with Crippen LogP contribution in [0.2, 0.25) is 0 Å². The molecule has 6 aromatic heterocycles. The van der Waals surface area contributed by atoms with Crippen LogP contribution in [-0.2, 0) is 16.8 Å². The molecule has 2 aromatic carbocycles. The van der Waals surface area contributed by atoms with E-state index in [2.05, 4.69) is 168 Å². The predicted molar refractivity (Wildman–Crippen MR) is 281 cm³/mol. The number of carboxylic acids is 4. The minimum atomic E-state index is -1.42. The fraction of sp³-hybridized carbons (Fsp3) is 0.0455. The van der Waals surface area contributed by atoms with Gasteiger partial charge >= 0.3 is 28.7 Å². The van der Waals surface area contributed by atoms with Crippen molar-refractivity contribution in [1.29, 1.82) is 10.5 Å². The molecule has 0 saturated heterocycles. The van der Waals surface area contributed by atoms with Gasteiger partial charge in [-0.2, -0.15) is 10.5 Å². The van der Waals surface area contributed by atoms with Crippen LogP contribution in [0.4, 0.5) is 0 Å². The van der Waals surface area contributed by atoms with Crippen molar-refractivity contribution in [1.82, 2.24) is 40.3 Å². The van der Waals surface area contributed by atoms with Crippen LogP contribution in [0, 0.1) is 22.7 Å². The Morgan fingerprint density at radius 3 is 0.740 bits per heavy atom. The molecular formula is C44H24Br8CoN10O10. The number of hydrogen-bond acceptors (Lipinski definition) is 18. The molecule has 0 aliphatic rings. The number of carbonyl (C=O) groups excluding carboxylic acids is 2. The summed E-state index contributed by atoms with van der Waals surface area (Å²) in [5, 5.41) is 70.3. The molecule has 6 heterocycles. The van der Waals surface area contributed by atoms with E-state index in [1.165, 1.54) is 13.8 Å². The maximum atomic E-state index is 11.0. The molecule has 29 heteroatoms. The van der Waals surface area contributed by atoms with E-state index in [0.29, 0.717) is 23.6 Å². The Bertz CT molecular complexity index is 2790. The Morgan fingerprint density at radius 1 is 0.425 bits per heavy atom. The molecule has 8 rings (SSSR count). The van der Waals surface area contributed by atoms with E-state index in [4.69, 9.17) is 29.6 Å². The second-order valence-electron chi connectivity index (χ2n) is 12.4. The summed E-state index contributed by atoms with van der Waals surface area (Å²) in [4.78, 5) is 59.4. The van der Waals surface area contributed by atoms with E-state index in [9.17, 15) is 29.4 Å². The van der Waals surface area contributed by atoms with Gasteiger partial charge in [-0.25, -0.2) is 9.59 Å². The van der Waals surface area contributed by atoms with Gasteiger partial charge in [-0.1, -0.05) is 0 Å². The molecule has 375 valence electrons. The molecule has 1 radical (unpaired) electrons. The fourth-order valence-corrected chi connectivity index (χ4v) is 10.5. The molecule has 0 saturated carbocycles. The Labute approximate surface area is 490 Å². The topological polar surface area (TPSA) is 332 Å². The number of carboxylic acid groups (broad SMARTS) is 4. The molecule has 0 atom stereocenters. The van der Waals surface area contributed by atoms with Crippen LogP contribution >= 0.6 is 127 Å². The van der Waals surface area contributed by atoms with E-state index < -0.39 is 23.9 Å². The molecule has 2 N–H and O–H groups in total. The van der Waals surface area contributed by atoms with E-state index in [1.807, 2.05) is 48.5 Å². The van der Waals surface area contributed by atoms with Crippen LogP contribution in [0.15, 0.2) is 143 Å². The van der Waals surface area contributed by atoms with Crippen molar-refractivity contribution in [2.24, 2.45) is 0 Å². The van der Waals surface area contributed by atoms with Crippen LogP contribution in [0.5, 0.6) is 0 Å². The van der Waals surface area contributed by atoms with Gasteiger partial charge in [0.25, 0.3) is 0 Å². The first kappa shape index (κ1) is 63.6. The van der Waals surface area contributed by atoms with Crippen molar-refractivity contribution < 1.29 is 65.2 Å². The Hall–Kier alpha value is -5.47. The van der Waals surface area contributed by atoms with Crippen molar-refractivity contribution >= 4 is 151 Å². The molecule has 20 nitrogen and oxygen atoms in total. The summed E-state index contributed by atoms with van der Waals surface area (Å²) < 4.78 is 12.1. The summed E-state index contributed by atoms with van der Waals surface area (Å²) in [6.07, 6.45) is 13.5. The van der Waals surface area contributed by atoms with Crippen molar-refractivity contribution in [3.8, 4) is 58.0 Å². The zero-order valence-corrected chi connectivity index (χ0v) is 50.0. The van der Waals surface area contributed by atoms with Crippen LogP contribution < -0.4 is 10.2 Å². The van der Waals surface area contributed by atoms with Crippen molar-refractivity contribution in [2.75, 3.05) is 0 Å². The summed E-state index contributed by atoms with van der Waals surface area (Å²) in [5.41, 5.74) is 2.93. The summed E-state index contributed by atoms with van der Waals surface area (Å²) in [5.74, 6) is -3.28. The van der Waals surface area contributed by atoms with Gasteiger partial charge < -0.3 is 38.8 Å². The van der Waals surface area contributed by atoms with Crippen LogP contribution in [0.25, 0.3) is 45.8 Å². The zero-order chi connectivity index (χ0) is 53.7. The molecule has 0 fully saturated rings. The molecule has 73 heavy (non-hydrogen) atoms. The molecule has 0 aliphatic carbocycles. The summed E-state index contributed by atoms with van der Waals surface area (Å²) in [6.45, 7) is 2.86. The smallest absolute Gasteiger partial charge is 0.545 e. The van der Waals surface area contributed by atoms with E-state index in [1.54, 1.807) is 61.7 Å².